The van der Waals surface area contributed by atoms with Crippen molar-refractivity contribution >= 4 is 15.9 Å². The van der Waals surface area contributed by atoms with E-state index in [2.05, 4.69) is 0 Å². The fourth-order valence-corrected chi connectivity index (χ4v) is 4.20. The van der Waals surface area contributed by atoms with Crippen molar-refractivity contribution in [3.05, 3.63) is 30.1 Å². The number of sulfone groups is 1. The molecule has 0 N–H and O–H groups in total. The smallest absolute Gasteiger partial charge is 0.412 e. The molecule has 1 atom stereocenters. The normalized spacial score (nSPS) is 20.2. The Bertz CT molecular complexity index is 753. The van der Waals surface area contributed by atoms with E-state index in [0.29, 0.717) is 0 Å². The molecule has 1 aliphatic heterocycles. The van der Waals surface area contributed by atoms with Gasteiger partial charge in [0.25, 0.3) is 0 Å². The van der Waals surface area contributed by atoms with Gasteiger partial charge in [0.2, 0.25) is 0 Å². The average Bonchev–Trinajstić information content (AvgIpc) is 2.79. The van der Waals surface area contributed by atoms with Gasteiger partial charge in [-0.05, 0) is 65.3 Å². The summed E-state index contributed by atoms with van der Waals surface area (Å²) in [6.45, 7) is 9.01. The van der Waals surface area contributed by atoms with Crippen molar-refractivity contribution in [1.29, 1.82) is 0 Å². The molecule has 0 aliphatic carbocycles. The third kappa shape index (κ3) is 4.94. The lowest BCUT2D eigenvalue weighted by atomic mass is 10.1. The lowest BCUT2D eigenvalue weighted by molar-refractivity contribution is -0.0625. The van der Waals surface area contributed by atoms with E-state index in [-0.39, 0.29) is 23.7 Å². The molecule has 1 fully saturated rings. The second-order valence-corrected chi connectivity index (χ2v) is 9.93. The van der Waals surface area contributed by atoms with Gasteiger partial charge in [-0.2, -0.15) is 0 Å². The van der Waals surface area contributed by atoms with Gasteiger partial charge in [-0.1, -0.05) is 0 Å². The van der Waals surface area contributed by atoms with Crippen LogP contribution in [0.4, 0.5) is 9.18 Å². The highest BCUT2D eigenvalue weighted by atomic mass is 32.2. The van der Waals surface area contributed by atoms with Crippen molar-refractivity contribution in [1.82, 2.24) is 4.90 Å². The zero-order chi connectivity index (χ0) is 19.8. The summed E-state index contributed by atoms with van der Waals surface area (Å²) < 4.78 is 49.0. The number of carbonyl (C=O) groups excluding carboxylic acids is 1. The summed E-state index contributed by atoms with van der Waals surface area (Å²) in [4.78, 5) is 14.1. The van der Waals surface area contributed by atoms with E-state index in [4.69, 9.17) is 9.47 Å². The minimum Gasteiger partial charge on any atom is -0.444 e. The first-order chi connectivity index (χ1) is 11.8. The minimum absolute atomic E-state index is 0.0564. The SMILES string of the molecule is CC(C)(C)OC(=O)N1C(CCS(=O)(=O)c2ccc(F)cc2)COC1(C)C. The first kappa shape index (κ1) is 20.6. The first-order valence-corrected chi connectivity index (χ1v) is 10.1. The summed E-state index contributed by atoms with van der Waals surface area (Å²) in [5, 5.41) is 0. The van der Waals surface area contributed by atoms with Gasteiger partial charge in [-0.25, -0.2) is 17.6 Å². The van der Waals surface area contributed by atoms with E-state index in [1.807, 2.05) is 0 Å². The summed E-state index contributed by atoms with van der Waals surface area (Å²) >= 11 is 0. The highest BCUT2D eigenvalue weighted by Crippen LogP contribution is 2.31. The van der Waals surface area contributed by atoms with Crippen molar-refractivity contribution in [2.75, 3.05) is 12.4 Å². The molecule has 1 unspecified atom stereocenters. The van der Waals surface area contributed by atoms with Crippen molar-refractivity contribution in [3.63, 3.8) is 0 Å². The average molecular weight is 387 g/mol. The predicted molar refractivity (Wildman–Crippen MR) is 95.0 cm³/mol. The number of hydrogen-bond acceptors (Lipinski definition) is 5. The molecular weight excluding hydrogens is 361 g/mol. The van der Waals surface area contributed by atoms with Crippen molar-refractivity contribution in [2.24, 2.45) is 0 Å². The third-order valence-electron chi connectivity index (χ3n) is 4.06. The molecule has 1 saturated heterocycles. The van der Waals surface area contributed by atoms with Crippen LogP contribution < -0.4 is 0 Å². The van der Waals surface area contributed by atoms with E-state index in [0.717, 1.165) is 12.1 Å². The molecule has 2 rings (SSSR count). The van der Waals surface area contributed by atoms with E-state index in [1.54, 1.807) is 34.6 Å². The summed E-state index contributed by atoms with van der Waals surface area (Å²) in [5.74, 6) is -0.673. The molecule has 146 valence electrons. The Morgan fingerprint density at radius 3 is 2.42 bits per heavy atom. The van der Waals surface area contributed by atoms with E-state index >= 15 is 0 Å². The topological polar surface area (TPSA) is 72.9 Å². The van der Waals surface area contributed by atoms with Crippen LogP contribution in [-0.4, -0.2) is 49.1 Å². The van der Waals surface area contributed by atoms with Crippen molar-refractivity contribution in [2.45, 2.75) is 63.3 Å². The molecule has 26 heavy (non-hydrogen) atoms. The lowest BCUT2D eigenvalue weighted by Crippen LogP contribution is -2.50. The fourth-order valence-electron chi connectivity index (χ4n) is 2.83. The molecule has 1 aromatic rings. The maximum Gasteiger partial charge on any atom is 0.412 e. The number of rotatable bonds is 4. The monoisotopic (exact) mass is 387 g/mol. The summed E-state index contributed by atoms with van der Waals surface area (Å²) in [7, 11) is -3.59. The van der Waals surface area contributed by atoms with Gasteiger partial charge in [0, 0.05) is 0 Å². The fraction of sp³-hybridized carbons (Fsp3) is 0.611. The minimum atomic E-state index is -3.59. The van der Waals surface area contributed by atoms with E-state index < -0.39 is 39.1 Å². The molecule has 0 aromatic heterocycles. The molecular formula is C18H26FNO5S. The standard InChI is InChI=1S/C18H26FNO5S/c1-17(2,3)25-16(21)20-14(12-24-18(20,4)5)10-11-26(22,23)15-8-6-13(19)7-9-15/h6-9,14H,10-12H2,1-5H3. The maximum atomic E-state index is 13.0. The first-order valence-electron chi connectivity index (χ1n) is 8.46. The zero-order valence-electron chi connectivity index (χ0n) is 15.8. The maximum absolute atomic E-state index is 13.0. The highest BCUT2D eigenvalue weighted by Gasteiger charge is 2.45. The summed E-state index contributed by atoms with van der Waals surface area (Å²) in [6.07, 6.45) is -0.341. The van der Waals surface area contributed by atoms with Crippen LogP contribution in [0.15, 0.2) is 29.2 Å². The van der Waals surface area contributed by atoms with E-state index in [9.17, 15) is 17.6 Å². The molecule has 1 aliphatic rings. The molecule has 6 nitrogen and oxygen atoms in total. The Morgan fingerprint density at radius 1 is 1.31 bits per heavy atom. The van der Waals surface area contributed by atoms with Crippen LogP contribution in [0.3, 0.4) is 0 Å². The van der Waals surface area contributed by atoms with Gasteiger partial charge >= 0.3 is 6.09 Å². The molecule has 0 saturated carbocycles. The van der Waals surface area contributed by atoms with Crippen LogP contribution in [0.5, 0.6) is 0 Å². The number of benzene rings is 1. The van der Waals surface area contributed by atoms with Crippen LogP contribution in [0.1, 0.15) is 41.0 Å². The lowest BCUT2D eigenvalue weighted by Gasteiger charge is -2.35. The largest absolute Gasteiger partial charge is 0.444 e. The van der Waals surface area contributed by atoms with Gasteiger partial charge in [0.15, 0.2) is 9.84 Å². The van der Waals surface area contributed by atoms with Gasteiger partial charge < -0.3 is 9.47 Å². The van der Waals surface area contributed by atoms with Gasteiger partial charge in [0.1, 0.15) is 17.1 Å². The Hall–Kier alpha value is -1.67. The molecule has 8 heteroatoms. The van der Waals surface area contributed by atoms with Gasteiger partial charge in [0.05, 0.1) is 23.3 Å². The number of carbonyl (C=O) groups is 1. The second-order valence-electron chi connectivity index (χ2n) is 7.82. The van der Waals surface area contributed by atoms with Crippen molar-refractivity contribution < 1.29 is 27.1 Å². The summed E-state index contributed by atoms with van der Waals surface area (Å²) in [6, 6.07) is 4.29. The molecule has 0 bridgehead atoms. The van der Waals surface area contributed by atoms with Gasteiger partial charge in [-0.3, -0.25) is 4.90 Å². The number of halogens is 1. The molecule has 0 spiro atoms. The van der Waals surface area contributed by atoms with Crippen LogP contribution >= 0.6 is 0 Å². The molecule has 1 amide bonds. The van der Waals surface area contributed by atoms with Gasteiger partial charge in [-0.15, -0.1) is 0 Å². The zero-order valence-corrected chi connectivity index (χ0v) is 16.6. The Kier molecular flexibility index (Phi) is 5.68. The van der Waals surface area contributed by atoms with Crippen LogP contribution in [0, 0.1) is 5.82 Å². The molecule has 1 aromatic carbocycles. The quantitative estimate of drug-likeness (QED) is 0.741. The van der Waals surface area contributed by atoms with Crippen LogP contribution in [-0.2, 0) is 19.3 Å². The Labute approximate surface area is 154 Å². The van der Waals surface area contributed by atoms with Crippen LogP contribution in [0.25, 0.3) is 0 Å². The van der Waals surface area contributed by atoms with Crippen LogP contribution in [0.2, 0.25) is 0 Å². The number of amides is 1. The number of nitrogens with zero attached hydrogens (tertiary/aromatic N) is 1. The highest BCUT2D eigenvalue weighted by molar-refractivity contribution is 7.91. The number of ether oxygens (including phenoxy) is 2. The van der Waals surface area contributed by atoms with E-state index in [1.165, 1.54) is 17.0 Å². The molecule has 0 radical (unpaired) electrons. The molecule has 1 heterocycles. The predicted octanol–water partition coefficient (Wildman–Crippen LogP) is 3.36. The third-order valence-corrected chi connectivity index (χ3v) is 5.82. The number of hydrogen-bond donors (Lipinski definition) is 0. The Morgan fingerprint density at radius 2 is 1.88 bits per heavy atom. The second kappa shape index (κ2) is 7.15. The Balaban J connectivity index is 2.12. The van der Waals surface area contributed by atoms with Crippen molar-refractivity contribution in [3.8, 4) is 0 Å². The summed E-state index contributed by atoms with van der Waals surface area (Å²) in [5.41, 5.74) is -1.55.